The Morgan fingerprint density at radius 3 is 2.56 bits per heavy atom. The summed E-state index contributed by atoms with van der Waals surface area (Å²) in [7, 11) is 0. The van der Waals surface area contributed by atoms with E-state index in [1.54, 1.807) is 0 Å². The van der Waals surface area contributed by atoms with Crippen molar-refractivity contribution in [2.24, 2.45) is 5.73 Å². The van der Waals surface area contributed by atoms with E-state index in [0.29, 0.717) is 6.54 Å². The molecule has 0 bridgehead atoms. The molecule has 1 unspecified atom stereocenters. The molecule has 1 amide bonds. The SMILES string of the molecule is CC(C)=CCNC(=O)C(N)c1ccccc1. The number of amides is 1. The van der Waals surface area contributed by atoms with E-state index in [4.69, 9.17) is 5.73 Å². The van der Waals surface area contributed by atoms with E-state index in [0.717, 1.165) is 5.56 Å². The smallest absolute Gasteiger partial charge is 0.241 e. The maximum Gasteiger partial charge on any atom is 0.241 e. The number of carbonyl (C=O) groups excluding carboxylic acids is 1. The molecule has 0 saturated heterocycles. The maximum atomic E-state index is 11.7. The van der Waals surface area contributed by atoms with Crippen LogP contribution in [0.25, 0.3) is 0 Å². The van der Waals surface area contributed by atoms with E-state index in [2.05, 4.69) is 5.32 Å². The maximum absolute atomic E-state index is 11.7. The van der Waals surface area contributed by atoms with Gasteiger partial charge in [0.25, 0.3) is 0 Å². The van der Waals surface area contributed by atoms with Crippen molar-refractivity contribution in [3.8, 4) is 0 Å². The van der Waals surface area contributed by atoms with E-state index in [9.17, 15) is 4.79 Å². The number of allylic oxidation sites excluding steroid dienone is 1. The van der Waals surface area contributed by atoms with Crippen molar-refractivity contribution >= 4 is 5.91 Å². The lowest BCUT2D eigenvalue weighted by Crippen LogP contribution is -2.34. The van der Waals surface area contributed by atoms with Crippen molar-refractivity contribution in [1.82, 2.24) is 5.32 Å². The lowest BCUT2D eigenvalue weighted by Gasteiger charge is -2.11. The average molecular weight is 218 g/mol. The highest BCUT2D eigenvalue weighted by atomic mass is 16.2. The van der Waals surface area contributed by atoms with Gasteiger partial charge >= 0.3 is 0 Å². The standard InChI is InChI=1S/C13H18N2O/c1-10(2)8-9-15-13(16)12(14)11-6-4-3-5-7-11/h3-8,12H,9,14H2,1-2H3,(H,15,16). The Morgan fingerprint density at radius 1 is 1.38 bits per heavy atom. The van der Waals surface area contributed by atoms with Crippen LogP contribution in [0, 0.1) is 0 Å². The fourth-order valence-electron chi connectivity index (χ4n) is 1.28. The van der Waals surface area contributed by atoms with Crippen LogP contribution < -0.4 is 11.1 Å². The van der Waals surface area contributed by atoms with Gasteiger partial charge < -0.3 is 11.1 Å². The van der Waals surface area contributed by atoms with Crippen LogP contribution in [0.3, 0.4) is 0 Å². The number of hydrogen-bond acceptors (Lipinski definition) is 2. The third-order valence-electron chi connectivity index (χ3n) is 2.23. The molecule has 16 heavy (non-hydrogen) atoms. The third-order valence-corrected chi connectivity index (χ3v) is 2.23. The summed E-state index contributed by atoms with van der Waals surface area (Å²) in [6, 6.07) is 8.76. The first kappa shape index (κ1) is 12.5. The van der Waals surface area contributed by atoms with E-state index in [1.165, 1.54) is 5.57 Å². The molecule has 0 spiro atoms. The molecule has 1 rings (SSSR count). The molecular formula is C13H18N2O. The van der Waals surface area contributed by atoms with Gasteiger partial charge in [-0.1, -0.05) is 42.0 Å². The van der Waals surface area contributed by atoms with Crippen LogP contribution in [0.15, 0.2) is 42.0 Å². The van der Waals surface area contributed by atoms with Gasteiger partial charge in [-0.2, -0.15) is 0 Å². The summed E-state index contributed by atoms with van der Waals surface area (Å²) in [5, 5.41) is 2.77. The number of rotatable bonds is 4. The highest BCUT2D eigenvalue weighted by molar-refractivity contribution is 5.82. The molecule has 1 aromatic rings. The van der Waals surface area contributed by atoms with Crippen LogP contribution in [0.4, 0.5) is 0 Å². The molecule has 3 N–H and O–H groups in total. The molecule has 0 radical (unpaired) electrons. The Morgan fingerprint density at radius 2 is 2.00 bits per heavy atom. The van der Waals surface area contributed by atoms with Crippen molar-refractivity contribution in [3.63, 3.8) is 0 Å². The predicted molar refractivity (Wildman–Crippen MR) is 65.8 cm³/mol. The number of nitrogens with one attached hydrogen (secondary N) is 1. The van der Waals surface area contributed by atoms with Crippen LogP contribution >= 0.6 is 0 Å². The second-order valence-corrected chi connectivity index (χ2v) is 3.91. The highest BCUT2D eigenvalue weighted by Gasteiger charge is 2.13. The Balaban J connectivity index is 2.52. The lowest BCUT2D eigenvalue weighted by atomic mass is 10.1. The predicted octanol–water partition coefficient (Wildman–Crippen LogP) is 1.77. The van der Waals surface area contributed by atoms with Gasteiger partial charge in [-0.05, 0) is 19.4 Å². The molecule has 0 fully saturated rings. The van der Waals surface area contributed by atoms with Crippen molar-refractivity contribution < 1.29 is 4.79 Å². The lowest BCUT2D eigenvalue weighted by molar-refractivity contribution is -0.122. The summed E-state index contributed by atoms with van der Waals surface area (Å²) in [6.45, 7) is 4.51. The molecule has 1 atom stereocenters. The Labute approximate surface area is 96.3 Å². The van der Waals surface area contributed by atoms with Gasteiger partial charge in [-0.15, -0.1) is 0 Å². The van der Waals surface area contributed by atoms with E-state index >= 15 is 0 Å². The van der Waals surface area contributed by atoms with Gasteiger partial charge in [-0.3, -0.25) is 4.79 Å². The van der Waals surface area contributed by atoms with Crippen LogP contribution in [0.1, 0.15) is 25.5 Å². The highest BCUT2D eigenvalue weighted by Crippen LogP contribution is 2.08. The molecule has 0 aliphatic heterocycles. The summed E-state index contributed by atoms with van der Waals surface area (Å²) in [4.78, 5) is 11.7. The summed E-state index contributed by atoms with van der Waals surface area (Å²) < 4.78 is 0. The second kappa shape index (κ2) is 6.08. The minimum atomic E-state index is -0.591. The Kier molecular flexibility index (Phi) is 4.73. The minimum Gasteiger partial charge on any atom is -0.351 e. The van der Waals surface area contributed by atoms with Crippen molar-refractivity contribution in [1.29, 1.82) is 0 Å². The van der Waals surface area contributed by atoms with Gasteiger partial charge in [-0.25, -0.2) is 0 Å². The number of carbonyl (C=O) groups is 1. The normalized spacial score (nSPS) is 11.7. The molecule has 0 aliphatic carbocycles. The third kappa shape index (κ3) is 3.87. The topological polar surface area (TPSA) is 55.1 Å². The van der Waals surface area contributed by atoms with Crippen molar-refractivity contribution in [2.75, 3.05) is 6.54 Å². The molecular weight excluding hydrogens is 200 g/mol. The molecule has 0 aliphatic rings. The van der Waals surface area contributed by atoms with Gasteiger partial charge in [0.15, 0.2) is 0 Å². The molecule has 3 nitrogen and oxygen atoms in total. The fraction of sp³-hybridized carbons (Fsp3) is 0.308. The number of benzene rings is 1. The van der Waals surface area contributed by atoms with E-state index in [1.807, 2.05) is 50.3 Å². The summed E-state index contributed by atoms with van der Waals surface area (Å²) in [5.41, 5.74) is 7.83. The Hall–Kier alpha value is -1.61. The monoisotopic (exact) mass is 218 g/mol. The van der Waals surface area contributed by atoms with Crippen molar-refractivity contribution in [3.05, 3.63) is 47.5 Å². The first-order chi connectivity index (χ1) is 7.61. The van der Waals surface area contributed by atoms with Crippen LogP contribution in [-0.2, 0) is 4.79 Å². The van der Waals surface area contributed by atoms with Crippen LogP contribution in [0.2, 0.25) is 0 Å². The first-order valence-corrected chi connectivity index (χ1v) is 5.33. The van der Waals surface area contributed by atoms with Crippen molar-refractivity contribution in [2.45, 2.75) is 19.9 Å². The summed E-state index contributed by atoms with van der Waals surface area (Å²) in [6.07, 6.45) is 1.95. The summed E-state index contributed by atoms with van der Waals surface area (Å²) >= 11 is 0. The molecule has 1 aromatic carbocycles. The zero-order valence-corrected chi connectivity index (χ0v) is 9.73. The van der Waals surface area contributed by atoms with Gasteiger partial charge in [0.2, 0.25) is 5.91 Å². The quantitative estimate of drug-likeness (QED) is 0.757. The number of hydrogen-bond donors (Lipinski definition) is 2. The molecule has 3 heteroatoms. The van der Waals surface area contributed by atoms with Crippen LogP contribution in [-0.4, -0.2) is 12.5 Å². The zero-order chi connectivity index (χ0) is 12.0. The molecule has 0 aromatic heterocycles. The van der Waals surface area contributed by atoms with Gasteiger partial charge in [0.1, 0.15) is 6.04 Å². The second-order valence-electron chi connectivity index (χ2n) is 3.91. The Bertz CT molecular complexity index is 367. The zero-order valence-electron chi connectivity index (χ0n) is 9.73. The van der Waals surface area contributed by atoms with Gasteiger partial charge in [0, 0.05) is 6.54 Å². The molecule has 86 valence electrons. The van der Waals surface area contributed by atoms with Gasteiger partial charge in [0.05, 0.1) is 0 Å². The first-order valence-electron chi connectivity index (χ1n) is 5.33. The van der Waals surface area contributed by atoms with E-state index < -0.39 is 6.04 Å². The molecule has 0 heterocycles. The van der Waals surface area contributed by atoms with E-state index in [-0.39, 0.29) is 5.91 Å². The number of nitrogens with two attached hydrogens (primary N) is 1. The largest absolute Gasteiger partial charge is 0.351 e. The average Bonchev–Trinajstić information content (AvgIpc) is 2.28. The van der Waals surface area contributed by atoms with Crippen LogP contribution in [0.5, 0.6) is 0 Å². The minimum absolute atomic E-state index is 0.149. The fourth-order valence-corrected chi connectivity index (χ4v) is 1.28. The molecule has 0 saturated carbocycles. The summed E-state index contributed by atoms with van der Waals surface area (Å²) in [5.74, 6) is -0.149.